The van der Waals surface area contributed by atoms with Crippen LogP contribution in [0.4, 0.5) is 4.39 Å². The summed E-state index contributed by atoms with van der Waals surface area (Å²) < 4.78 is 26.8. The minimum atomic E-state index is -2.17. The van der Waals surface area contributed by atoms with E-state index in [4.69, 9.17) is 10.3 Å². The van der Waals surface area contributed by atoms with Gasteiger partial charge in [0, 0.05) is 6.54 Å². The van der Waals surface area contributed by atoms with E-state index in [0.717, 1.165) is 0 Å². The van der Waals surface area contributed by atoms with E-state index in [9.17, 15) is 9.18 Å². The van der Waals surface area contributed by atoms with Gasteiger partial charge in [-0.2, -0.15) is 4.39 Å². The lowest BCUT2D eigenvalue weighted by Gasteiger charge is -2.08. The van der Waals surface area contributed by atoms with Gasteiger partial charge < -0.3 is 19.7 Å². The molecule has 6 nitrogen and oxygen atoms in total. The molecule has 0 saturated carbocycles. The Morgan fingerprint density at radius 2 is 2.28 bits per heavy atom. The molecule has 0 bridgehead atoms. The molecule has 1 heterocycles. The van der Waals surface area contributed by atoms with Crippen molar-refractivity contribution >= 4 is 16.9 Å². The van der Waals surface area contributed by atoms with Crippen molar-refractivity contribution in [2.75, 3.05) is 13.2 Å². The molecule has 2 aromatic rings. The largest absolute Gasteiger partial charge is 0.402 e. The lowest BCUT2D eigenvalue weighted by atomic mass is 10.2. The van der Waals surface area contributed by atoms with Crippen LogP contribution in [0.2, 0.25) is 0 Å². The van der Waals surface area contributed by atoms with Gasteiger partial charge in [0.2, 0.25) is 0 Å². The van der Waals surface area contributed by atoms with Gasteiger partial charge in [-0.3, -0.25) is 0 Å². The first-order chi connectivity index (χ1) is 8.72. The van der Waals surface area contributed by atoms with E-state index in [1.54, 1.807) is 24.3 Å². The third-order valence-electron chi connectivity index (χ3n) is 2.14. The molecule has 0 saturated heterocycles. The highest BCUT2D eigenvalue weighted by atomic mass is 19.2. The molecule has 18 heavy (non-hydrogen) atoms. The normalized spacial score (nSPS) is 12.6. The molecule has 0 amide bonds. The second-order valence-corrected chi connectivity index (χ2v) is 3.37. The van der Waals surface area contributed by atoms with Crippen molar-refractivity contribution in [3.05, 3.63) is 30.0 Å². The predicted molar refractivity (Wildman–Crippen MR) is 59.3 cm³/mol. The van der Waals surface area contributed by atoms with Crippen LogP contribution in [0.5, 0.6) is 0 Å². The van der Waals surface area contributed by atoms with E-state index in [1.807, 2.05) is 0 Å². The fourth-order valence-corrected chi connectivity index (χ4v) is 1.37. The number of aromatic nitrogens is 1. The van der Waals surface area contributed by atoms with E-state index >= 15 is 0 Å². The molecule has 1 unspecified atom stereocenters. The van der Waals surface area contributed by atoms with Crippen molar-refractivity contribution in [2.45, 2.75) is 6.54 Å². The molecule has 2 N–H and O–H groups in total. The highest BCUT2D eigenvalue weighted by Crippen LogP contribution is 2.19. The number of alkyl halides is 1. The molecule has 0 fully saturated rings. The average Bonchev–Trinajstić information content (AvgIpc) is 2.80. The quantitative estimate of drug-likeness (QED) is 0.637. The predicted octanol–water partition coefficient (Wildman–Crippen LogP) is 1.21. The summed E-state index contributed by atoms with van der Waals surface area (Å²) in [7, 11) is 0. The Balaban J connectivity index is 2.09. The monoisotopic (exact) mass is 254 g/mol. The van der Waals surface area contributed by atoms with Crippen molar-refractivity contribution in [1.29, 1.82) is 0 Å². The van der Waals surface area contributed by atoms with Crippen LogP contribution in [0, 0.1) is 0 Å². The zero-order valence-corrected chi connectivity index (χ0v) is 9.34. The summed E-state index contributed by atoms with van der Waals surface area (Å²) in [5.41, 5.74) is 5.44. The fourth-order valence-electron chi connectivity index (χ4n) is 1.37. The molecule has 1 aromatic carbocycles. The van der Waals surface area contributed by atoms with Crippen molar-refractivity contribution < 1.29 is 23.2 Å². The minimum Gasteiger partial charge on any atom is -0.402 e. The Hall–Kier alpha value is -1.99. The van der Waals surface area contributed by atoms with Crippen molar-refractivity contribution in [1.82, 2.24) is 5.16 Å². The Kier molecular flexibility index (Phi) is 3.85. The van der Waals surface area contributed by atoms with Gasteiger partial charge in [0.15, 0.2) is 11.3 Å². The summed E-state index contributed by atoms with van der Waals surface area (Å²) in [5, 5.41) is 3.98. The van der Waals surface area contributed by atoms with Crippen LogP contribution in [0.3, 0.4) is 0 Å². The van der Waals surface area contributed by atoms with Crippen LogP contribution in [-0.4, -0.2) is 30.8 Å². The first-order valence-electron chi connectivity index (χ1n) is 5.23. The highest BCUT2D eigenvalue weighted by molar-refractivity contribution is 6.00. The van der Waals surface area contributed by atoms with E-state index in [2.05, 4.69) is 14.6 Å². The maximum absolute atomic E-state index is 13.1. The Morgan fingerprint density at radius 3 is 3.06 bits per heavy atom. The van der Waals surface area contributed by atoms with Crippen LogP contribution < -0.4 is 5.73 Å². The van der Waals surface area contributed by atoms with E-state index in [0.29, 0.717) is 11.0 Å². The number of nitrogens with two attached hydrogens (primary N) is 1. The summed E-state index contributed by atoms with van der Waals surface area (Å²) in [5.74, 6) is -0.954. The number of hydrogen-bond acceptors (Lipinski definition) is 6. The number of benzene rings is 1. The zero-order chi connectivity index (χ0) is 13.0. The van der Waals surface area contributed by atoms with Crippen LogP contribution in [-0.2, 0) is 9.47 Å². The summed E-state index contributed by atoms with van der Waals surface area (Å²) in [6, 6.07) is 6.69. The van der Waals surface area contributed by atoms with Gasteiger partial charge in [-0.15, -0.1) is 0 Å². The third kappa shape index (κ3) is 2.63. The van der Waals surface area contributed by atoms with Gasteiger partial charge in [-0.05, 0) is 12.1 Å². The lowest BCUT2D eigenvalue weighted by molar-refractivity contribution is -0.184. The van der Waals surface area contributed by atoms with Gasteiger partial charge >= 0.3 is 12.5 Å². The Bertz CT molecular complexity index is 543. The summed E-state index contributed by atoms with van der Waals surface area (Å²) in [4.78, 5) is 11.6. The van der Waals surface area contributed by atoms with E-state index in [1.165, 1.54) is 0 Å². The topological polar surface area (TPSA) is 87.6 Å². The van der Waals surface area contributed by atoms with Gasteiger partial charge in [-0.25, -0.2) is 4.79 Å². The van der Waals surface area contributed by atoms with Crippen molar-refractivity contribution in [3.8, 4) is 0 Å². The molecule has 0 spiro atoms. The number of carbonyl (C=O) groups excluding carboxylic acids is 1. The zero-order valence-electron chi connectivity index (χ0n) is 9.34. The molecule has 1 atom stereocenters. The Labute approximate surface area is 101 Å². The molecule has 1 aromatic heterocycles. The van der Waals surface area contributed by atoms with Gasteiger partial charge in [0.1, 0.15) is 0 Å². The molecule has 0 radical (unpaired) electrons. The molecule has 0 aliphatic carbocycles. The van der Waals surface area contributed by atoms with Gasteiger partial charge in [0.05, 0.1) is 12.0 Å². The van der Waals surface area contributed by atoms with Crippen LogP contribution >= 0.6 is 0 Å². The summed E-state index contributed by atoms with van der Waals surface area (Å²) in [6.45, 7) is -2.09. The fraction of sp³-hybridized carbons (Fsp3) is 0.273. The van der Waals surface area contributed by atoms with Crippen LogP contribution in [0.15, 0.2) is 28.8 Å². The van der Waals surface area contributed by atoms with Crippen LogP contribution in [0.25, 0.3) is 11.0 Å². The van der Waals surface area contributed by atoms with Crippen molar-refractivity contribution in [3.63, 3.8) is 0 Å². The second-order valence-electron chi connectivity index (χ2n) is 3.37. The van der Waals surface area contributed by atoms with Crippen LogP contribution in [0.1, 0.15) is 10.5 Å². The molecule has 0 aliphatic heterocycles. The standard InChI is InChI=1S/C11H11FN2O4/c12-11(16-6-5-13)17-10(15)9-7-3-1-2-4-8(7)18-14-9/h1-4,11H,5-6,13H2. The number of rotatable bonds is 5. The van der Waals surface area contributed by atoms with E-state index < -0.39 is 12.5 Å². The number of esters is 1. The first kappa shape index (κ1) is 12.5. The second kappa shape index (κ2) is 5.56. The SMILES string of the molecule is NCCOC(F)OC(=O)c1noc2ccccc12. The first-order valence-corrected chi connectivity index (χ1v) is 5.23. The molecule has 0 aliphatic rings. The maximum Gasteiger partial charge on any atom is 0.365 e. The number of halogens is 1. The number of para-hydroxylation sites is 1. The molecule has 96 valence electrons. The molecule has 7 heteroatoms. The summed E-state index contributed by atoms with van der Waals surface area (Å²) in [6.07, 6.45) is 0. The lowest BCUT2D eigenvalue weighted by Crippen LogP contribution is -2.20. The molecule has 2 rings (SSSR count). The maximum atomic E-state index is 13.1. The smallest absolute Gasteiger partial charge is 0.365 e. The number of nitrogens with zero attached hydrogens (tertiary/aromatic N) is 1. The average molecular weight is 254 g/mol. The minimum absolute atomic E-state index is 0.0476. The van der Waals surface area contributed by atoms with Gasteiger partial charge in [0.25, 0.3) is 0 Å². The number of ether oxygens (including phenoxy) is 2. The number of carbonyl (C=O) groups is 1. The van der Waals surface area contributed by atoms with Crippen molar-refractivity contribution in [2.24, 2.45) is 5.73 Å². The third-order valence-corrected chi connectivity index (χ3v) is 2.14. The Morgan fingerprint density at radius 1 is 1.50 bits per heavy atom. The van der Waals surface area contributed by atoms with E-state index in [-0.39, 0.29) is 18.8 Å². The number of hydrogen-bond donors (Lipinski definition) is 1. The van der Waals surface area contributed by atoms with Gasteiger partial charge in [-0.1, -0.05) is 17.3 Å². The highest BCUT2D eigenvalue weighted by Gasteiger charge is 2.21. The molecular formula is C11H11FN2O4. The number of fused-ring (bicyclic) bond motifs is 1. The summed E-state index contributed by atoms with van der Waals surface area (Å²) >= 11 is 0. The molecular weight excluding hydrogens is 243 g/mol.